The number of hydrogen-bond acceptors (Lipinski definition) is 4. The summed E-state index contributed by atoms with van der Waals surface area (Å²) in [6.45, 7) is 0. The van der Waals surface area contributed by atoms with Crippen LogP contribution in [0.2, 0.25) is 0 Å². The molecule has 0 saturated carbocycles. The smallest absolute Gasteiger partial charge is 0.161 e. The molecule has 0 unspecified atom stereocenters. The van der Waals surface area contributed by atoms with Crippen molar-refractivity contribution in [2.24, 2.45) is 0 Å². The Bertz CT molecular complexity index is 4080. The predicted octanol–water partition coefficient (Wildman–Crippen LogP) is 15.2. The number of fused-ring (bicyclic) bond motifs is 11. The number of thiophene rings is 1. The van der Waals surface area contributed by atoms with Gasteiger partial charge in [0.1, 0.15) is 11.2 Å². The van der Waals surface area contributed by atoms with Gasteiger partial charge in [0.2, 0.25) is 0 Å². The van der Waals surface area contributed by atoms with Crippen LogP contribution in [0.5, 0.6) is 0 Å². The van der Waals surface area contributed by atoms with Gasteiger partial charge in [-0.05, 0) is 80.8 Å². The molecule has 5 heteroatoms. The van der Waals surface area contributed by atoms with E-state index in [9.17, 15) is 0 Å². The van der Waals surface area contributed by atoms with Crippen molar-refractivity contribution < 1.29 is 4.42 Å². The molecule has 10 aromatic carbocycles. The molecule has 272 valence electrons. The summed E-state index contributed by atoms with van der Waals surface area (Å²) in [5, 5.41) is 15.8. The maximum Gasteiger partial charge on any atom is 0.161 e. The molecule has 0 spiro atoms. The number of hydrogen-bond donors (Lipinski definition) is 0. The van der Waals surface area contributed by atoms with Crippen molar-refractivity contribution >= 4 is 118 Å². The summed E-state index contributed by atoms with van der Waals surface area (Å²) in [6.07, 6.45) is 0. The van der Waals surface area contributed by atoms with E-state index in [1.54, 1.807) is 0 Å². The normalized spacial score (nSPS) is 12.4. The van der Waals surface area contributed by atoms with E-state index in [1.807, 2.05) is 23.5 Å². The maximum absolute atomic E-state index is 6.60. The number of rotatable bonds is 3. The number of benzene rings is 10. The second-order valence-electron chi connectivity index (χ2n) is 15.6. The van der Waals surface area contributed by atoms with E-state index in [0.717, 1.165) is 55.3 Å². The molecule has 0 bridgehead atoms. The Kier molecular flexibility index (Phi) is 6.14. The summed E-state index contributed by atoms with van der Waals surface area (Å²) in [6, 6.07) is 63.5. The Morgan fingerprint density at radius 2 is 1.17 bits per heavy atom. The first-order valence-corrected chi connectivity index (χ1v) is 20.8. The van der Waals surface area contributed by atoms with E-state index in [2.05, 4.69) is 168 Å². The third-order valence-corrected chi connectivity index (χ3v) is 13.7. The minimum Gasteiger partial charge on any atom is -0.455 e. The monoisotopic (exact) mass is 767 g/mol. The van der Waals surface area contributed by atoms with Crippen LogP contribution in [0.25, 0.3) is 135 Å². The van der Waals surface area contributed by atoms with E-state index < -0.39 is 0 Å². The van der Waals surface area contributed by atoms with Gasteiger partial charge in [0.05, 0.1) is 22.2 Å². The van der Waals surface area contributed by atoms with E-state index in [4.69, 9.17) is 14.4 Å². The fourth-order valence-corrected chi connectivity index (χ4v) is 11.2. The second-order valence-corrected chi connectivity index (χ2v) is 16.7. The molecule has 0 aliphatic carbocycles. The van der Waals surface area contributed by atoms with Crippen molar-refractivity contribution in [3.05, 3.63) is 176 Å². The van der Waals surface area contributed by atoms with Crippen LogP contribution in [-0.4, -0.2) is 14.5 Å². The van der Waals surface area contributed by atoms with Gasteiger partial charge in [-0.3, -0.25) is 0 Å². The van der Waals surface area contributed by atoms with Crippen LogP contribution in [0.1, 0.15) is 0 Å². The standard InChI is InChI=1S/C54H29N3OS/c1-5-19-43-37(15-1)51(40-18-10-17-36-34-13-3-7-21-46(34)58-52(36)40)56-54(55-43)42-29-33(28-41-35-14-4-8-22-47(35)59-53(41)42)57-44-20-6-2-16-38(44)50-39-26-25-31-12-9-11-30-23-24-32(27-45(50)57)49(39)48(30)31/h1-29H. The molecular formula is C54H29N3OS. The van der Waals surface area contributed by atoms with Crippen molar-refractivity contribution in [2.45, 2.75) is 0 Å². The molecule has 0 saturated heterocycles. The fraction of sp³-hybridized carbons (Fsp3) is 0. The first kappa shape index (κ1) is 31.5. The average molecular weight is 768 g/mol. The lowest BCUT2D eigenvalue weighted by Crippen LogP contribution is -1.98. The minimum absolute atomic E-state index is 0.688. The van der Waals surface area contributed by atoms with E-state index >= 15 is 0 Å². The lowest BCUT2D eigenvalue weighted by molar-refractivity contribution is 0.670. The van der Waals surface area contributed by atoms with Crippen LogP contribution in [0.15, 0.2) is 180 Å². The van der Waals surface area contributed by atoms with Gasteiger partial charge in [-0.25, -0.2) is 9.97 Å². The van der Waals surface area contributed by atoms with Crippen LogP contribution in [-0.2, 0) is 0 Å². The van der Waals surface area contributed by atoms with Gasteiger partial charge in [0.15, 0.2) is 5.82 Å². The Morgan fingerprint density at radius 3 is 2.08 bits per heavy atom. The number of nitrogens with zero attached hydrogens (tertiary/aromatic N) is 3. The van der Waals surface area contributed by atoms with Crippen LogP contribution in [0, 0.1) is 0 Å². The van der Waals surface area contributed by atoms with Crippen molar-refractivity contribution in [2.75, 3.05) is 0 Å². The van der Waals surface area contributed by atoms with Gasteiger partial charge in [0, 0.05) is 63.9 Å². The van der Waals surface area contributed by atoms with Crippen LogP contribution < -0.4 is 0 Å². The van der Waals surface area contributed by atoms with E-state index in [0.29, 0.717) is 5.82 Å². The van der Waals surface area contributed by atoms with Gasteiger partial charge in [-0.1, -0.05) is 127 Å². The quantitative estimate of drug-likeness (QED) is 0.168. The van der Waals surface area contributed by atoms with Crippen LogP contribution in [0.3, 0.4) is 0 Å². The van der Waals surface area contributed by atoms with Gasteiger partial charge >= 0.3 is 0 Å². The summed E-state index contributed by atoms with van der Waals surface area (Å²) < 4.78 is 11.5. The highest BCUT2D eigenvalue weighted by atomic mass is 32.1. The van der Waals surface area contributed by atoms with Crippen LogP contribution >= 0.6 is 11.3 Å². The summed E-state index contributed by atoms with van der Waals surface area (Å²) in [5.41, 5.74) is 8.83. The molecular weight excluding hydrogens is 739 g/mol. The van der Waals surface area contributed by atoms with Gasteiger partial charge in [-0.2, -0.15) is 0 Å². The topological polar surface area (TPSA) is 43.9 Å². The molecule has 0 radical (unpaired) electrons. The number of furan rings is 1. The average Bonchev–Trinajstić information content (AvgIpc) is 3.97. The molecule has 0 aliphatic heterocycles. The molecule has 14 aromatic rings. The Balaban J connectivity index is 1.10. The van der Waals surface area contributed by atoms with Gasteiger partial charge < -0.3 is 8.98 Å². The molecule has 59 heavy (non-hydrogen) atoms. The van der Waals surface area contributed by atoms with Gasteiger partial charge in [0.25, 0.3) is 0 Å². The highest BCUT2D eigenvalue weighted by molar-refractivity contribution is 7.26. The predicted molar refractivity (Wildman–Crippen MR) is 249 cm³/mol. The second kappa shape index (κ2) is 11.5. The molecule has 0 fully saturated rings. The lowest BCUT2D eigenvalue weighted by atomic mass is 9.92. The minimum atomic E-state index is 0.688. The van der Waals surface area contributed by atoms with E-state index in [-0.39, 0.29) is 0 Å². The van der Waals surface area contributed by atoms with Crippen molar-refractivity contribution in [1.29, 1.82) is 0 Å². The molecule has 0 amide bonds. The Morgan fingerprint density at radius 1 is 0.441 bits per heavy atom. The highest BCUT2D eigenvalue weighted by Crippen LogP contribution is 2.47. The molecule has 4 aromatic heterocycles. The molecule has 4 heterocycles. The molecule has 0 atom stereocenters. The largest absolute Gasteiger partial charge is 0.455 e. The zero-order valence-corrected chi connectivity index (χ0v) is 32.2. The third-order valence-electron chi connectivity index (χ3n) is 12.5. The number of para-hydroxylation sites is 4. The Labute approximate surface area is 340 Å². The zero-order valence-electron chi connectivity index (χ0n) is 31.4. The van der Waals surface area contributed by atoms with Crippen molar-refractivity contribution in [1.82, 2.24) is 14.5 Å². The van der Waals surface area contributed by atoms with Crippen LogP contribution in [0.4, 0.5) is 0 Å². The van der Waals surface area contributed by atoms with Crippen molar-refractivity contribution in [3.63, 3.8) is 0 Å². The summed E-state index contributed by atoms with van der Waals surface area (Å²) in [5.74, 6) is 0.688. The molecule has 14 rings (SSSR count). The van der Waals surface area contributed by atoms with Crippen molar-refractivity contribution in [3.8, 4) is 28.3 Å². The Hall–Kier alpha value is -7.60. The summed E-state index contributed by atoms with van der Waals surface area (Å²) in [4.78, 5) is 10.9. The SMILES string of the molecule is c1cc2ccc3cc4c(c5ccc(c1)c2c35)c1ccccc1n4-c1cc(-c2nc(-c3cccc4c3oc3ccccc34)c3ccccc3n2)c2sc3ccccc3c2c1. The van der Waals surface area contributed by atoms with E-state index in [1.165, 1.54) is 74.3 Å². The third kappa shape index (κ3) is 4.26. The maximum atomic E-state index is 6.60. The molecule has 0 aliphatic rings. The molecule has 0 N–H and O–H groups in total. The highest BCUT2D eigenvalue weighted by Gasteiger charge is 2.23. The summed E-state index contributed by atoms with van der Waals surface area (Å²) in [7, 11) is 0. The molecule has 4 nitrogen and oxygen atoms in total. The number of aromatic nitrogens is 3. The van der Waals surface area contributed by atoms with Gasteiger partial charge in [-0.15, -0.1) is 11.3 Å². The summed E-state index contributed by atoms with van der Waals surface area (Å²) >= 11 is 1.81. The zero-order chi connectivity index (χ0) is 38.3. The first-order chi connectivity index (χ1) is 29.2. The lowest BCUT2D eigenvalue weighted by Gasteiger charge is -2.15. The fourth-order valence-electron chi connectivity index (χ4n) is 9.99. The first-order valence-electron chi connectivity index (χ1n) is 20.0.